The van der Waals surface area contributed by atoms with Gasteiger partial charge in [0.25, 0.3) is 5.91 Å². The van der Waals surface area contributed by atoms with Crippen LogP contribution in [0.3, 0.4) is 0 Å². The largest absolute Gasteiger partial charge is 0.475 e. The molecule has 2 N–H and O–H groups in total. The SMILES string of the molecule is O=C(O)c1ccc(CNC(=O)c2cnc([C@@H]3CCCO3)s2)o1. The predicted octanol–water partition coefficient (Wildman–Crippen LogP) is 2.22. The van der Waals surface area contributed by atoms with Crippen molar-refractivity contribution in [3.05, 3.63) is 39.7 Å². The van der Waals surface area contributed by atoms with Gasteiger partial charge < -0.3 is 19.6 Å². The number of aromatic nitrogens is 1. The van der Waals surface area contributed by atoms with E-state index < -0.39 is 5.97 Å². The highest BCUT2D eigenvalue weighted by Crippen LogP contribution is 2.31. The number of carboxylic acid groups (broad SMARTS) is 1. The number of carbonyl (C=O) groups is 2. The van der Waals surface area contributed by atoms with Gasteiger partial charge in [-0.3, -0.25) is 4.79 Å². The number of amides is 1. The van der Waals surface area contributed by atoms with E-state index in [0.717, 1.165) is 24.5 Å². The maximum Gasteiger partial charge on any atom is 0.371 e. The van der Waals surface area contributed by atoms with Gasteiger partial charge in [0.2, 0.25) is 5.76 Å². The summed E-state index contributed by atoms with van der Waals surface area (Å²) in [5, 5.41) is 12.2. The number of hydrogen-bond donors (Lipinski definition) is 2. The molecule has 1 saturated heterocycles. The van der Waals surface area contributed by atoms with Gasteiger partial charge in [0.05, 0.1) is 12.7 Å². The lowest BCUT2D eigenvalue weighted by atomic mass is 10.2. The first kappa shape index (κ1) is 14.7. The van der Waals surface area contributed by atoms with Crippen LogP contribution < -0.4 is 5.32 Å². The second-order valence-electron chi connectivity index (χ2n) is 4.82. The van der Waals surface area contributed by atoms with Gasteiger partial charge in [0.1, 0.15) is 21.7 Å². The monoisotopic (exact) mass is 322 g/mol. The lowest BCUT2D eigenvalue weighted by Gasteiger charge is -2.03. The third-order valence-corrected chi connectivity index (χ3v) is 4.34. The number of aromatic carboxylic acids is 1. The third kappa shape index (κ3) is 3.18. The molecule has 1 atom stereocenters. The summed E-state index contributed by atoms with van der Waals surface area (Å²) in [5.74, 6) is -1.17. The molecule has 1 amide bonds. The van der Waals surface area contributed by atoms with E-state index >= 15 is 0 Å². The first-order chi connectivity index (χ1) is 10.6. The molecule has 0 aromatic carbocycles. The van der Waals surface area contributed by atoms with Crippen molar-refractivity contribution in [2.75, 3.05) is 6.61 Å². The van der Waals surface area contributed by atoms with Gasteiger partial charge in [0, 0.05) is 6.61 Å². The summed E-state index contributed by atoms with van der Waals surface area (Å²) >= 11 is 1.31. The highest BCUT2D eigenvalue weighted by Gasteiger charge is 2.22. The van der Waals surface area contributed by atoms with E-state index in [9.17, 15) is 9.59 Å². The predicted molar refractivity (Wildman–Crippen MR) is 76.9 cm³/mol. The Morgan fingerprint density at radius 1 is 1.45 bits per heavy atom. The molecule has 1 aliphatic rings. The molecule has 0 unspecified atom stereocenters. The normalized spacial score (nSPS) is 17.5. The van der Waals surface area contributed by atoms with Crippen LogP contribution in [0.5, 0.6) is 0 Å². The van der Waals surface area contributed by atoms with Crippen molar-refractivity contribution in [3.8, 4) is 0 Å². The molecular weight excluding hydrogens is 308 g/mol. The Labute approximate surface area is 129 Å². The van der Waals surface area contributed by atoms with E-state index in [1.807, 2.05) is 0 Å². The smallest absolute Gasteiger partial charge is 0.371 e. The van der Waals surface area contributed by atoms with Crippen molar-refractivity contribution in [1.29, 1.82) is 0 Å². The van der Waals surface area contributed by atoms with Crippen molar-refractivity contribution in [1.82, 2.24) is 10.3 Å². The van der Waals surface area contributed by atoms with Crippen molar-refractivity contribution < 1.29 is 23.8 Å². The van der Waals surface area contributed by atoms with Gasteiger partial charge in [-0.1, -0.05) is 0 Å². The molecule has 0 saturated carbocycles. The summed E-state index contributed by atoms with van der Waals surface area (Å²) in [6, 6.07) is 2.88. The third-order valence-electron chi connectivity index (χ3n) is 3.25. The van der Waals surface area contributed by atoms with Crippen molar-refractivity contribution >= 4 is 23.2 Å². The molecule has 7 nitrogen and oxygen atoms in total. The molecule has 116 valence electrons. The zero-order chi connectivity index (χ0) is 15.5. The molecule has 1 fully saturated rings. The fourth-order valence-electron chi connectivity index (χ4n) is 2.16. The van der Waals surface area contributed by atoms with Gasteiger partial charge in [0.15, 0.2) is 0 Å². The number of rotatable bonds is 5. The summed E-state index contributed by atoms with van der Waals surface area (Å²) < 4.78 is 10.6. The summed E-state index contributed by atoms with van der Waals surface area (Å²) in [6.45, 7) is 0.857. The Hall–Kier alpha value is -2.19. The minimum atomic E-state index is -1.14. The topological polar surface area (TPSA) is 102 Å². The minimum absolute atomic E-state index is 0.00486. The highest BCUT2D eigenvalue weighted by atomic mass is 32.1. The second-order valence-corrected chi connectivity index (χ2v) is 5.88. The number of carbonyl (C=O) groups excluding carboxylic acids is 1. The van der Waals surface area contributed by atoms with Crippen molar-refractivity contribution in [2.45, 2.75) is 25.5 Å². The molecule has 0 bridgehead atoms. The fraction of sp³-hybridized carbons (Fsp3) is 0.357. The standard InChI is InChI=1S/C14H14N2O5S/c17-12(15-6-8-3-4-10(21-8)14(18)19)11-7-16-13(22-11)9-2-1-5-20-9/h3-4,7,9H,1-2,5-6H2,(H,15,17)(H,18,19)/t9-/m0/s1. The van der Waals surface area contributed by atoms with Gasteiger partial charge in [-0.05, 0) is 25.0 Å². The van der Waals surface area contributed by atoms with Crippen LogP contribution in [-0.4, -0.2) is 28.6 Å². The van der Waals surface area contributed by atoms with Crippen molar-refractivity contribution in [2.24, 2.45) is 0 Å². The average molecular weight is 322 g/mol. The molecule has 22 heavy (non-hydrogen) atoms. The average Bonchev–Trinajstić information content (AvgIpc) is 3.23. The molecule has 3 rings (SSSR count). The van der Waals surface area contributed by atoms with Crippen LogP contribution in [0.4, 0.5) is 0 Å². The van der Waals surface area contributed by atoms with Crippen LogP contribution in [0, 0.1) is 0 Å². The summed E-state index contributed by atoms with van der Waals surface area (Å²) in [5.41, 5.74) is 0. The molecule has 2 aromatic heterocycles. The van der Waals surface area contributed by atoms with Crippen LogP contribution in [0.25, 0.3) is 0 Å². The Balaban J connectivity index is 1.58. The van der Waals surface area contributed by atoms with Crippen LogP contribution in [0.1, 0.15) is 49.9 Å². The number of carboxylic acids is 1. The number of ether oxygens (including phenoxy) is 1. The minimum Gasteiger partial charge on any atom is -0.475 e. The fourth-order valence-corrected chi connectivity index (χ4v) is 3.07. The quantitative estimate of drug-likeness (QED) is 0.875. The van der Waals surface area contributed by atoms with E-state index in [4.69, 9.17) is 14.3 Å². The lowest BCUT2D eigenvalue weighted by Crippen LogP contribution is -2.21. The maximum atomic E-state index is 12.0. The number of thiazole rings is 1. The van der Waals surface area contributed by atoms with E-state index in [1.165, 1.54) is 29.7 Å². The van der Waals surface area contributed by atoms with Crippen LogP contribution in [-0.2, 0) is 11.3 Å². The van der Waals surface area contributed by atoms with Crippen molar-refractivity contribution in [3.63, 3.8) is 0 Å². The number of nitrogens with one attached hydrogen (secondary N) is 1. The van der Waals surface area contributed by atoms with Gasteiger partial charge in [-0.15, -0.1) is 11.3 Å². The lowest BCUT2D eigenvalue weighted by molar-refractivity contribution is 0.0660. The molecule has 0 radical (unpaired) electrons. The Kier molecular flexibility index (Phi) is 4.21. The first-order valence-corrected chi connectivity index (χ1v) is 7.62. The van der Waals surface area contributed by atoms with Crippen LogP contribution in [0.2, 0.25) is 0 Å². The zero-order valence-electron chi connectivity index (χ0n) is 11.6. The molecule has 0 spiro atoms. The highest BCUT2D eigenvalue weighted by molar-refractivity contribution is 7.13. The molecule has 3 heterocycles. The Bertz CT molecular complexity index is 687. The molecular formula is C14H14N2O5S. The van der Waals surface area contributed by atoms with Gasteiger partial charge in [-0.25, -0.2) is 9.78 Å². The molecule has 0 aliphatic carbocycles. The first-order valence-electron chi connectivity index (χ1n) is 6.81. The maximum absolute atomic E-state index is 12.0. The Morgan fingerprint density at radius 2 is 2.32 bits per heavy atom. The second kappa shape index (κ2) is 6.29. The van der Waals surface area contributed by atoms with E-state index in [0.29, 0.717) is 10.6 Å². The molecule has 1 aliphatic heterocycles. The summed E-state index contributed by atoms with van der Waals surface area (Å²) in [7, 11) is 0. The summed E-state index contributed by atoms with van der Waals surface area (Å²) in [4.78, 5) is 27.5. The van der Waals surface area contributed by atoms with Crippen LogP contribution in [0.15, 0.2) is 22.7 Å². The molecule has 8 heteroatoms. The number of nitrogens with zero attached hydrogens (tertiary/aromatic N) is 1. The zero-order valence-corrected chi connectivity index (χ0v) is 12.4. The van der Waals surface area contributed by atoms with E-state index in [1.54, 1.807) is 0 Å². The van der Waals surface area contributed by atoms with E-state index in [2.05, 4.69) is 10.3 Å². The van der Waals surface area contributed by atoms with Gasteiger partial charge in [-0.2, -0.15) is 0 Å². The molecule has 2 aromatic rings. The van der Waals surface area contributed by atoms with Crippen LogP contribution >= 0.6 is 11.3 Å². The number of hydrogen-bond acceptors (Lipinski definition) is 6. The number of furan rings is 1. The summed E-state index contributed by atoms with van der Waals surface area (Å²) in [6.07, 6.45) is 3.46. The Morgan fingerprint density at radius 3 is 3.00 bits per heavy atom. The van der Waals surface area contributed by atoms with E-state index in [-0.39, 0.29) is 24.3 Å². The van der Waals surface area contributed by atoms with Gasteiger partial charge >= 0.3 is 5.97 Å².